The zero-order valence-electron chi connectivity index (χ0n) is 24.1. The Balaban J connectivity index is 1.53. The maximum Gasteiger partial charge on any atom is 0.295 e. The molecule has 0 spiro atoms. The van der Waals surface area contributed by atoms with Gasteiger partial charge in [0.15, 0.2) is 23.0 Å². The van der Waals surface area contributed by atoms with E-state index in [9.17, 15) is 14.7 Å². The standard InChI is InChI=1S/C32H37N3O7/c1-3-5-6-16-40-24-10-8-22(19-26(24)39-4-2)29-28(30(36)23-9-11-25-27(20-23)42-18-17-41-25)31(37)32(38)35(29)14-7-13-34-15-12-33-21-34/h8-12,15,19-21,29,36H,3-7,13-14,16-18H2,1-2H3/b30-28+. The van der Waals surface area contributed by atoms with Crippen LogP contribution >= 0.6 is 0 Å². The number of hydrogen-bond acceptors (Lipinski definition) is 8. The monoisotopic (exact) mass is 575 g/mol. The SMILES string of the molecule is CCCCCOc1ccc(C2/C(=C(\O)c3ccc4c(c3)OCCO4)C(=O)C(=O)N2CCCn2ccnc2)cc1OCC. The Morgan fingerprint density at radius 2 is 1.81 bits per heavy atom. The molecular formula is C32H37N3O7. The average Bonchev–Trinajstić information content (AvgIpc) is 3.62. The van der Waals surface area contributed by atoms with Crippen LogP contribution in [0.25, 0.3) is 5.76 Å². The van der Waals surface area contributed by atoms with Crippen molar-refractivity contribution in [1.82, 2.24) is 14.5 Å². The number of Topliss-reactive ketones (excluding diaryl/α,β-unsaturated/α-hetero) is 1. The Kier molecular flexibility index (Phi) is 9.31. The lowest BCUT2D eigenvalue weighted by atomic mass is 9.94. The number of aliphatic hydroxyl groups excluding tert-OH is 1. The van der Waals surface area contributed by atoms with Gasteiger partial charge in [0.1, 0.15) is 19.0 Å². The molecule has 1 N–H and O–H groups in total. The lowest BCUT2D eigenvalue weighted by molar-refractivity contribution is -0.139. The van der Waals surface area contributed by atoms with Crippen LogP contribution in [-0.4, -0.2) is 64.2 Å². The second-order valence-electron chi connectivity index (χ2n) is 10.2. The quantitative estimate of drug-likeness (QED) is 0.129. The van der Waals surface area contributed by atoms with Crippen molar-refractivity contribution in [2.75, 3.05) is 33.0 Å². The maximum absolute atomic E-state index is 13.5. The number of rotatable bonds is 13. The van der Waals surface area contributed by atoms with Crippen molar-refractivity contribution in [3.05, 3.63) is 71.8 Å². The molecule has 1 fully saturated rings. The Morgan fingerprint density at radius 1 is 0.976 bits per heavy atom. The maximum atomic E-state index is 13.5. The molecular weight excluding hydrogens is 538 g/mol. The van der Waals surface area contributed by atoms with Crippen LogP contribution in [-0.2, 0) is 16.1 Å². The Labute approximate surface area is 245 Å². The molecule has 1 saturated heterocycles. The number of hydrogen-bond donors (Lipinski definition) is 1. The van der Waals surface area contributed by atoms with E-state index in [4.69, 9.17) is 18.9 Å². The molecule has 2 aromatic carbocycles. The van der Waals surface area contributed by atoms with E-state index in [2.05, 4.69) is 11.9 Å². The van der Waals surface area contributed by atoms with Crippen LogP contribution < -0.4 is 18.9 Å². The number of benzene rings is 2. The largest absolute Gasteiger partial charge is 0.507 e. The molecule has 5 rings (SSSR count). The molecule has 0 radical (unpaired) electrons. The van der Waals surface area contributed by atoms with Crippen LogP contribution in [0.4, 0.5) is 0 Å². The second kappa shape index (κ2) is 13.5. The first-order valence-electron chi connectivity index (χ1n) is 14.6. The number of nitrogens with zero attached hydrogens (tertiary/aromatic N) is 3. The van der Waals surface area contributed by atoms with Crippen LogP contribution in [0.1, 0.15) is 56.7 Å². The first-order valence-corrected chi connectivity index (χ1v) is 14.6. The summed E-state index contributed by atoms with van der Waals surface area (Å²) in [7, 11) is 0. The smallest absolute Gasteiger partial charge is 0.295 e. The zero-order chi connectivity index (χ0) is 29.5. The number of likely N-dealkylation sites (tertiary alicyclic amines) is 1. The Hall–Kier alpha value is -4.47. The minimum absolute atomic E-state index is 0.0124. The van der Waals surface area contributed by atoms with Crippen LogP contribution in [0.3, 0.4) is 0 Å². The number of carbonyl (C=O) groups excluding carboxylic acids is 2. The van der Waals surface area contributed by atoms with E-state index in [1.807, 2.05) is 29.8 Å². The third kappa shape index (κ3) is 6.22. The second-order valence-corrected chi connectivity index (χ2v) is 10.2. The first kappa shape index (κ1) is 29.0. The number of ether oxygens (including phenoxy) is 4. The van der Waals surface area contributed by atoms with E-state index >= 15 is 0 Å². The molecule has 1 unspecified atom stereocenters. The molecule has 3 aromatic rings. The molecule has 10 heteroatoms. The normalized spacial score (nSPS) is 17.5. The zero-order valence-corrected chi connectivity index (χ0v) is 24.1. The van der Waals surface area contributed by atoms with Gasteiger partial charge in [-0.15, -0.1) is 0 Å². The molecule has 3 heterocycles. The topological polar surface area (TPSA) is 112 Å². The predicted octanol–water partition coefficient (Wildman–Crippen LogP) is 5.13. The highest BCUT2D eigenvalue weighted by Gasteiger charge is 2.46. The summed E-state index contributed by atoms with van der Waals surface area (Å²) in [6.45, 7) is 6.72. The summed E-state index contributed by atoms with van der Waals surface area (Å²) in [5, 5.41) is 11.5. The average molecular weight is 576 g/mol. The molecule has 42 heavy (non-hydrogen) atoms. The van der Waals surface area contributed by atoms with E-state index < -0.39 is 17.7 Å². The van der Waals surface area contributed by atoms with Crippen molar-refractivity contribution in [2.45, 2.75) is 52.1 Å². The van der Waals surface area contributed by atoms with Crippen LogP contribution in [0, 0.1) is 0 Å². The number of imidazole rings is 1. The molecule has 1 amide bonds. The van der Waals surface area contributed by atoms with Crippen LogP contribution in [0.2, 0.25) is 0 Å². The molecule has 0 saturated carbocycles. The number of aliphatic hydroxyl groups is 1. The van der Waals surface area contributed by atoms with Crippen molar-refractivity contribution >= 4 is 17.4 Å². The number of fused-ring (bicyclic) bond motifs is 1. The van der Waals surface area contributed by atoms with Crippen LogP contribution in [0.5, 0.6) is 23.0 Å². The third-order valence-corrected chi connectivity index (χ3v) is 7.32. The highest BCUT2D eigenvalue weighted by molar-refractivity contribution is 6.46. The van der Waals surface area contributed by atoms with Gasteiger partial charge in [0, 0.05) is 31.0 Å². The summed E-state index contributed by atoms with van der Waals surface area (Å²) < 4.78 is 25.2. The number of aryl methyl sites for hydroxylation is 1. The fourth-order valence-corrected chi connectivity index (χ4v) is 5.26. The van der Waals surface area contributed by atoms with E-state index in [0.29, 0.717) is 80.1 Å². The fourth-order valence-electron chi connectivity index (χ4n) is 5.26. The number of unbranched alkanes of at least 4 members (excludes halogenated alkanes) is 2. The fraction of sp³-hybridized carbons (Fsp3) is 0.406. The van der Waals surface area contributed by atoms with E-state index in [-0.39, 0.29) is 11.3 Å². The van der Waals surface area contributed by atoms with Gasteiger partial charge in [0.25, 0.3) is 11.7 Å². The van der Waals surface area contributed by atoms with Gasteiger partial charge in [-0.25, -0.2) is 4.98 Å². The highest BCUT2D eigenvalue weighted by atomic mass is 16.6. The van der Waals surface area contributed by atoms with Gasteiger partial charge in [-0.05, 0) is 55.7 Å². The molecule has 1 atom stereocenters. The summed E-state index contributed by atoms with van der Waals surface area (Å²) in [5.74, 6) is 0.473. The number of carbonyl (C=O) groups is 2. The lowest BCUT2D eigenvalue weighted by Crippen LogP contribution is -2.31. The molecule has 0 aliphatic carbocycles. The Morgan fingerprint density at radius 3 is 2.57 bits per heavy atom. The summed E-state index contributed by atoms with van der Waals surface area (Å²) >= 11 is 0. The molecule has 2 aliphatic heterocycles. The minimum Gasteiger partial charge on any atom is -0.507 e. The van der Waals surface area contributed by atoms with Crippen molar-refractivity contribution in [3.8, 4) is 23.0 Å². The number of amides is 1. The first-order chi connectivity index (χ1) is 20.5. The summed E-state index contributed by atoms with van der Waals surface area (Å²) in [5.41, 5.74) is 1.01. The number of aromatic nitrogens is 2. The van der Waals surface area contributed by atoms with Crippen molar-refractivity contribution in [3.63, 3.8) is 0 Å². The van der Waals surface area contributed by atoms with Gasteiger partial charge in [-0.2, -0.15) is 0 Å². The minimum atomic E-state index is -0.825. The van der Waals surface area contributed by atoms with E-state index in [0.717, 1.165) is 19.3 Å². The van der Waals surface area contributed by atoms with Gasteiger partial charge in [0.05, 0.1) is 31.2 Å². The van der Waals surface area contributed by atoms with Crippen LogP contribution in [0.15, 0.2) is 60.7 Å². The molecule has 0 bridgehead atoms. The van der Waals surface area contributed by atoms with Gasteiger partial charge in [-0.1, -0.05) is 25.8 Å². The third-order valence-electron chi connectivity index (χ3n) is 7.32. The van der Waals surface area contributed by atoms with Gasteiger partial charge < -0.3 is 33.5 Å². The number of ketones is 1. The summed E-state index contributed by atoms with van der Waals surface area (Å²) in [6, 6.07) is 9.59. The van der Waals surface area contributed by atoms with Crippen molar-refractivity contribution < 1.29 is 33.6 Å². The van der Waals surface area contributed by atoms with Crippen molar-refractivity contribution in [1.29, 1.82) is 0 Å². The lowest BCUT2D eigenvalue weighted by Gasteiger charge is -2.26. The molecule has 10 nitrogen and oxygen atoms in total. The summed E-state index contributed by atoms with van der Waals surface area (Å²) in [6.07, 6.45) is 8.92. The van der Waals surface area contributed by atoms with E-state index in [1.165, 1.54) is 4.90 Å². The molecule has 2 aliphatic rings. The summed E-state index contributed by atoms with van der Waals surface area (Å²) in [4.78, 5) is 32.6. The van der Waals surface area contributed by atoms with E-state index in [1.54, 1.807) is 36.8 Å². The van der Waals surface area contributed by atoms with Crippen molar-refractivity contribution in [2.24, 2.45) is 0 Å². The van der Waals surface area contributed by atoms with Gasteiger partial charge >= 0.3 is 0 Å². The molecule has 1 aromatic heterocycles. The van der Waals surface area contributed by atoms with Gasteiger partial charge in [0.2, 0.25) is 0 Å². The predicted molar refractivity (Wildman–Crippen MR) is 156 cm³/mol. The van der Waals surface area contributed by atoms with Gasteiger partial charge in [-0.3, -0.25) is 9.59 Å². The Bertz CT molecular complexity index is 1430. The highest BCUT2D eigenvalue weighted by Crippen LogP contribution is 2.43. The molecule has 222 valence electrons.